The van der Waals surface area contributed by atoms with Gasteiger partial charge in [0.05, 0.1) is 10.0 Å². The van der Waals surface area contributed by atoms with Crippen molar-refractivity contribution in [3.63, 3.8) is 0 Å². The first kappa shape index (κ1) is 8.60. The predicted octanol–water partition coefficient (Wildman–Crippen LogP) is 3.18. The molecule has 13 heavy (non-hydrogen) atoms. The third-order valence-corrected chi connectivity index (χ3v) is 2.48. The van der Waals surface area contributed by atoms with Gasteiger partial charge in [0, 0.05) is 17.8 Å². The van der Waals surface area contributed by atoms with Crippen LogP contribution in [0.1, 0.15) is 0 Å². The van der Waals surface area contributed by atoms with Crippen molar-refractivity contribution in [2.45, 2.75) is 0 Å². The van der Waals surface area contributed by atoms with Crippen molar-refractivity contribution in [3.05, 3.63) is 40.5 Å². The molecular formula is C9H5Cl2N2. The molecule has 0 bridgehead atoms. The Morgan fingerprint density at radius 3 is 2.85 bits per heavy atom. The van der Waals surface area contributed by atoms with E-state index in [1.807, 2.05) is 12.1 Å². The summed E-state index contributed by atoms with van der Waals surface area (Å²) in [6.45, 7) is 0. The van der Waals surface area contributed by atoms with Gasteiger partial charge in [-0.15, -0.1) is 0 Å². The van der Waals surface area contributed by atoms with Gasteiger partial charge in [-0.05, 0) is 6.07 Å². The first-order valence-corrected chi connectivity index (χ1v) is 4.40. The smallest absolute Gasteiger partial charge is 0.102 e. The molecule has 0 aliphatic heterocycles. The van der Waals surface area contributed by atoms with Crippen molar-refractivity contribution in [1.29, 1.82) is 0 Å². The number of benzene rings is 1. The Bertz CT molecular complexity index is 410. The highest BCUT2D eigenvalue weighted by Gasteiger charge is 2.07. The topological polar surface area (TPSA) is 28.7 Å². The molecular weight excluding hydrogens is 207 g/mol. The molecule has 1 aromatic carbocycles. The van der Waals surface area contributed by atoms with E-state index in [9.17, 15) is 0 Å². The Labute approximate surface area is 85.5 Å². The Balaban J connectivity index is 2.59. The molecule has 1 radical (unpaired) electrons. The van der Waals surface area contributed by atoms with E-state index in [2.05, 4.69) is 16.3 Å². The van der Waals surface area contributed by atoms with Crippen LogP contribution in [-0.4, -0.2) is 10.2 Å². The summed E-state index contributed by atoms with van der Waals surface area (Å²) in [7, 11) is 0. The maximum absolute atomic E-state index is 5.98. The molecule has 0 atom stereocenters. The van der Waals surface area contributed by atoms with Gasteiger partial charge in [-0.3, -0.25) is 5.10 Å². The third-order valence-electron chi connectivity index (χ3n) is 1.66. The van der Waals surface area contributed by atoms with Gasteiger partial charge < -0.3 is 0 Å². The summed E-state index contributed by atoms with van der Waals surface area (Å²) in [5.41, 5.74) is 1.46. The summed E-state index contributed by atoms with van der Waals surface area (Å²) in [6.07, 6.45) is 1.62. The van der Waals surface area contributed by atoms with Gasteiger partial charge in [0.25, 0.3) is 0 Å². The van der Waals surface area contributed by atoms with Crippen LogP contribution in [0.4, 0.5) is 0 Å². The quantitative estimate of drug-likeness (QED) is 0.772. The van der Waals surface area contributed by atoms with Gasteiger partial charge in [0.1, 0.15) is 5.69 Å². The fraction of sp³-hybridized carbons (Fsp3) is 0. The van der Waals surface area contributed by atoms with Crippen LogP contribution in [0.3, 0.4) is 0 Å². The highest BCUT2D eigenvalue weighted by atomic mass is 35.5. The van der Waals surface area contributed by atoms with Crippen LogP contribution in [0.5, 0.6) is 0 Å². The number of aromatic amines is 1. The lowest BCUT2D eigenvalue weighted by Crippen LogP contribution is -1.80. The molecule has 0 aliphatic carbocycles. The molecule has 1 N–H and O–H groups in total. The molecule has 1 aromatic heterocycles. The van der Waals surface area contributed by atoms with E-state index in [4.69, 9.17) is 23.2 Å². The van der Waals surface area contributed by atoms with Gasteiger partial charge in [0.2, 0.25) is 0 Å². The van der Waals surface area contributed by atoms with Crippen molar-refractivity contribution in [3.8, 4) is 11.3 Å². The molecule has 2 nitrogen and oxygen atoms in total. The highest BCUT2D eigenvalue weighted by molar-refractivity contribution is 6.43. The fourth-order valence-corrected chi connectivity index (χ4v) is 1.44. The third kappa shape index (κ3) is 1.55. The van der Waals surface area contributed by atoms with Crippen LogP contribution >= 0.6 is 23.2 Å². The predicted molar refractivity (Wildman–Crippen MR) is 52.9 cm³/mol. The monoisotopic (exact) mass is 211 g/mol. The minimum absolute atomic E-state index is 0.507. The summed E-state index contributed by atoms with van der Waals surface area (Å²) in [5.74, 6) is 0. The van der Waals surface area contributed by atoms with Crippen LogP contribution in [-0.2, 0) is 0 Å². The summed E-state index contributed by atoms with van der Waals surface area (Å²) in [4.78, 5) is 0. The number of hydrogen-bond donors (Lipinski definition) is 1. The van der Waals surface area contributed by atoms with Crippen LogP contribution < -0.4 is 0 Å². The number of halogens is 2. The zero-order chi connectivity index (χ0) is 9.26. The molecule has 0 fully saturated rings. The van der Waals surface area contributed by atoms with Crippen molar-refractivity contribution in [2.24, 2.45) is 0 Å². The van der Waals surface area contributed by atoms with Crippen molar-refractivity contribution in [2.75, 3.05) is 0 Å². The Morgan fingerprint density at radius 2 is 2.15 bits per heavy atom. The van der Waals surface area contributed by atoms with Crippen molar-refractivity contribution >= 4 is 23.2 Å². The van der Waals surface area contributed by atoms with E-state index in [1.54, 1.807) is 12.3 Å². The zero-order valence-corrected chi connectivity index (χ0v) is 8.02. The van der Waals surface area contributed by atoms with Crippen LogP contribution in [0.2, 0.25) is 10.0 Å². The largest absolute Gasteiger partial charge is 0.284 e. The van der Waals surface area contributed by atoms with E-state index < -0.39 is 0 Å². The van der Waals surface area contributed by atoms with E-state index in [0.29, 0.717) is 15.7 Å². The summed E-state index contributed by atoms with van der Waals surface area (Å²) in [6, 6.07) is 8.32. The van der Waals surface area contributed by atoms with E-state index in [0.717, 1.165) is 5.56 Å². The number of nitrogens with one attached hydrogen (secondary N) is 1. The molecule has 0 unspecified atom stereocenters. The molecule has 4 heteroatoms. The molecule has 0 aliphatic rings. The average molecular weight is 212 g/mol. The Kier molecular flexibility index (Phi) is 2.25. The van der Waals surface area contributed by atoms with Gasteiger partial charge in [-0.25, -0.2) is 0 Å². The minimum atomic E-state index is 0.507. The number of hydrogen-bond acceptors (Lipinski definition) is 1. The summed E-state index contributed by atoms with van der Waals surface area (Å²) >= 11 is 11.8. The van der Waals surface area contributed by atoms with Crippen LogP contribution in [0.15, 0.2) is 24.4 Å². The average Bonchev–Trinajstić information content (AvgIpc) is 2.62. The Hall–Kier alpha value is -0.990. The first-order valence-electron chi connectivity index (χ1n) is 3.65. The molecule has 0 spiro atoms. The standard InChI is InChI=1S/C9H5Cl2N2/c10-7-3-1-2-6(9(7)11)8-4-5-12-13-8/h1-3,5H,(H,12,13). The number of H-pyrrole nitrogens is 1. The summed E-state index contributed by atoms with van der Waals surface area (Å²) < 4.78 is 0. The molecule has 2 rings (SSSR count). The second-order valence-corrected chi connectivity index (χ2v) is 3.26. The molecule has 0 saturated heterocycles. The van der Waals surface area contributed by atoms with Crippen LogP contribution in [0.25, 0.3) is 11.3 Å². The summed E-state index contributed by atoms with van der Waals surface area (Å²) in [5, 5.41) is 7.66. The SMILES string of the molecule is Clc1cccc(-c2[c]c[nH]n2)c1Cl. The number of aromatic nitrogens is 2. The first-order chi connectivity index (χ1) is 6.29. The second-order valence-electron chi connectivity index (χ2n) is 2.48. The van der Waals surface area contributed by atoms with Crippen molar-refractivity contribution in [1.82, 2.24) is 10.2 Å². The molecule has 0 saturated carbocycles. The van der Waals surface area contributed by atoms with Gasteiger partial charge >= 0.3 is 0 Å². The Morgan fingerprint density at radius 1 is 1.31 bits per heavy atom. The van der Waals surface area contributed by atoms with E-state index in [-0.39, 0.29) is 0 Å². The number of rotatable bonds is 1. The lowest BCUT2D eigenvalue weighted by molar-refractivity contribution is 1.10. The van der Waals surface area contributed by atoms with Gasteiger partial charge in [0.15, 0.2) is 0 Å². The fourth-order valence-electron chi connectivity index (χ4n) is 1.05. The molecule has 1 heterocycles. The normalized spacial score (nSPS) is 10.3. The van der Waals surface area contributed by atoms with Crippen molar-refractivity contribution < 1.29 is 0 Å². The minimum Gasteiger partial charge on any atom is -0.284 e. The van der Waals surface area contributed by atoms with E-state index >= 15 is 0 Å². The van der Waals surface area contributed by atoms with Gasteiger partial charge in [-0.1, -0.05) is 35.3 Å². The zero-order valence-electron chi connectivity index (χ0n) is 6.51. The lowest BCUT2D eigenvalue weighted by atomic mass is 10.1. The maximum Gasteiger partial charge on any atom is 0.102 e. The maximum atomic E-state index is 5.98. The molecule has 2 aromatic rings. The number of nitrogens with zero attached hydrogens (tertiary/aromatic N) is 1. The second kappa shape index (κ2) is 3.40. The van der Waals surface area contributed by atoms with E-state index in [1.165, 1.54) is 0 Å². The van der Waals surface area contributed by atoms with Crippen LogP contribution in [0, 0.1) is 6.07 Å². The molecule has 65 valence electrons. The molecule has 0 amide bonds. The highest BCUT2D eigenvalue weighted by Crippen LogP contribution is 2.31. The van der Waals surface area contributed by atoms with Gasteiger partial charge in [-0.2, -0.15) is 5.10 Å². The lowest BCUT2D eigenvalue weighted by Gasteiger charge is -2.00.